The van der Waals surface area contributed by atoms with Gasteiger partial charge in [-0.25, -0.2) is 15.0 Å². The smallest absolute Gasteiger partial charge is 0.222 e. The molecule has 0 saturated heterocycles. The quantitative estimate of drug-likeness (QED) is 0.743. The third kappa shape index (κ3) is 1.69. The zero-order valence-electron chi connectivity index (χ0n) is 10.3. The van der Waals surface area contributed by atoms with E-state index in [1.807, 2.05) is 36.1 Å². The molecule has 5 nitrogen and oxygen atoms in total. The molecule has 90 valence electrons. The van der Waals surface area contributed by atoms with Gasteiger partial charge in [0.1, 0.15) is 5.65 Å². The molecule has 0 unspecified atom stereocenters. The lowest BCUT2D eigenvalue weighted by atomic mass is 10.2. The van der Waals surface area contributed by atoms with E-state index in [1.54, 1.807) is 13.2 Å². The fourth-order valence-electron chi connectivity index (χ4n) is 1.93. The van der Waals surface area contributed by atoms with Crippen molar-refractivity contribution in [1.29, 1.82) is 0 Å². The molecule has 1 N–H and O–H groups in total. The SMILES string of the molecule is CNc1nccc(-c2cnc3c(ccn3C)c2)n1. The van der Waals surface area contributed by atoms with Crippen LogP contribution in [0, 0.1) is 0 Å². The monoisotopic (exact) mass is 239 g/mol. The molecule has 0 aliphatic carbocycles. The Morgan fingerprint density at radius 1 is 1.22 bits per heavy atom. The van der Waals surface area contributed by atoms with Gasteiger partial charge in [0.05, 0.1) is 5.69 Å². The highest BCUT2D eigenvalue weighted by molar-refractivity contribution is 5.81. The Labute approximate surface area is 105 Å². The van der Waals surface area contributed by atoms with Crippen molar-refractivity contribution in [2.24, 2.45) is 7.05 Å². The summed E-state index contributed by atoms with van der Waals surface area (Å²) in [6.45, 7) is 0. The molecule has 5 heteroatoms. The number of aromatic nitrogens is 4. The maximum atomic E-state index is 4.45. The zero-order valence-corrected chi connectivity index (χ0v) is 10.3. The van der Waals surface area contributed by atoms with Crippen LogP contribution < -0.4 is 5.32 Å². The molecule has 0 radical (unpaired) electrons. The van der Waals surface area contributed by atoms with Crippen molar-refractivity contribution >= 4 is 17.0 Å². The lowest BCUT2D eigenvalue weighted by molar-refractivity contribution is 0.948. The summed E-state index contributed by atoms with van der Waals surface area (Å²) in [5.74, 6) is 0.612. The topological polar surface area (TPSA) is 55.6 Å². The van der Waals surface area contributed by atoms with Crippen LogP contribution in [-0.2, 0) is 7.05 Å². The molecule has 0 spiro atoms. The third-order valence-electron chi connectivity index (χ3n) is 2.88. The largest absolute Gasteiger partial charge is 0.357 e. The minimum Gasteiger partial charge on any atom is -0.357 e. The highest BCUT2D eigenvalue weighted by atomic mass is 15.1. The van der Waals surface area contributed by atoms with Gasteiger partial charge in [-0.15, -0.1) is 0 Å². The molecule has 3 heterocycles. The van der Waals surface area contributed by atoms with Crippen LogP contribution in [0.5, 0.6) is 0 Å². The van der Waals surface area contributed by atoms with Crippen LogP contribution >= 0.6 is 0 Å². The van der Waals surface area contributed by atoms with Crippen LogP contribution in [0.3, 0.4) is 0 Å². The molecular weight excluding hydrogens is 226 g/mol. The van der Waals surface area contributed by atoms with Crippen molar-refractivity contribution in [3.05, 3.63) is 36.8 Å². The minimum atomic E-state index is 0.612. The van der Waals surface area contributed by atoms with Gasteiger partial charge in [-0.05, 0) is 18.2 Å². The van der Waals surface area contributed by atoms with Crippen molar-refractivity contribution in [2.75, 3.05) is 12.4 Å². The van der Waals surface area contributed by atoms with E-state index in [1.165, 1.54) is 0 Å². The van der Waals surface area contributed by atoms with E-state index in [2.05, 4.69) is 26.3 Å². The summed E-state index contributed by atoms with van der Waals surface area (Å²) in [5, 5.41) is 4.04. The minimum absolute atomic E-state index is 0.612. The van der Waals surface area contributed by atoms with E-state index in [4.69, 9.17) is 0 Å². The van der Waals surface area contributed by atoms with Gasteiger partial charge < -0.3 is 9.88 Å². The number of aryl methyl sites for hydroxylation is 1. The van der Waals surface area contributed by atoms with Gasteiger partial charge in [-0.1, -0.05) is 0 Å². The first-order chi connectivity index (χ1) is 8.78. The first-order valence-corrected chi connectivity index (χ1v) is 5.70. The molecule has 0 fully saturated rings. The Hall–Kier alpha value is -2.43. The number of pyridine rings is 1. The third-order valence-corrected chi connectivity index (χ3v) is 2.88. The molecule has 0 saturated carbocycles. The molecule has 0 bridgehead atoms. The number of hydrogen-bond acceptors (Lipinski definition) is 4. The van der Waals surface area contributed by atoms with Crippen molar-refractivity contribution in [3.8, 4) is 11.3 Å². The van der Waals surface area contributed by atoms with Gasteiger partial charge in [0.15, 0.2) is 0 Å². The number of anilines is 1. The van der Waals surface area contributed by atoms with Crippen LogP contribution in [-0.4, -0.2) is 26.6 Å². The fraction of sp³-hybridized carbons (Fsp3) is 0.154. The number of fused-ring (bicyclic) bond motifs is 1. The summed E-state index contributed by atoms with van der Waals surface area (Å²) < 4.78 is 2.00. The molecule has 0 aromatic carbocycles. The van der Waals surface area contributed by atoms with Crippen LogP contribution in [0.2, 0.25) is 0 Å². The second-order valence-electron chi connectivity index (χ2n) is 4.08. The maximum absolute atomic E-state index is 4.45. The summed E-state index contributed by atoms with van der Waals surface area (Å²) in [4.78, 5) is 13.0. The molecule has 18 heavy (non-hydrogen) atoms. The predicted octanol–water partition coefficient (Wildman–Crippen LogP) is 2.07. The predicted molar refractivity (Wildman–Crippen MR) is 71.3 cm³/mol. The Morgan fingerprint density at radius 3 is 2.94 bits per heavy atom. The number of nitrogens with zero attached hydrogens (tertiary/aromatic N) is 4. The van der Waals surface area contributed by atoms with Crippen molar-refractivity contribution in [2.45, 2.75) is 0 Å². The average Bonchev–Trinajstić information content (AvgIpc) is 2.80. The van der Waals surface area contributed by atoms with Crippen molar-refractivity contribution < 1.29 is 0 Å². The van der Waals surface area contributed by atoms with Crippen LogP contribution in [0.15, 0.2) is 36.8 Å². The summed E-state index contributed by atoms with van der Waals surface area (Å²) in [7, 11) is 3.79. The van der Waals surface area contributed by atoms with Crippen LogP contribution in [0.1, 0.15) is 0 Å². The Balaban J connectivity index is 2.13. The van der Waals surface area contributed by atoms with Gasteiger partial charge in [-0.3, -0.25) is 0 Å². The van der Waals surface area contributed by atoms with Gasteiger partial charge in [-0.2, -0.15) is 0 Å². The molecule has 0 atom stereocenters. The second-order valence-corrected chi connectivity index (χ2v) is 4.08. The van der Waals surface area contributed by atoms with E-state index in [0.717, 1.165) is 22.3 Å². The molecule has 0 aliphatic heterocycles. The number of hydrogen-bond donors (Lipinski definition) is 1. The van der Waals surface area contributed by atoms with Crippen LogP contribution in [0.4, 0.5) is 5.95 Å². The highest BCUT2D eigenvalue weighted by Crippen LogP contribution is 2.21. The molecule has 3 rings (SSSR count). The van der Waals surface area contributed by atoms with Gasteiger partial charge >= 0.3 is 0 Å². The Morgan fingerprint density at radius 2 is 2.11 bits per heavy atom. The van der Waals surface area contributed by atoms with Gasteiger partial charge in [0.2, 0.25) is 5.95 Å². The lowest BCUT2D eigenvalue weighted by Gasteiger charge is -2.03. The van der Waals surface area contributed by atoms with E-state index in [0.29, 0.717) is 5.95 Å². The van der Waals surface area contributed by atoms with E-state index in [9.17, 15) is 0 Å². The summed E-state index contributed by atoms with van der Waals surface area (Å²) in [6.07, 6.45) is 5.58. The summed E-state index contributed by atoms with van der Waals surface area (Å²) in [5.41, 5.74) is 2.84. The molecule has 0 aliphatic rings. The molecule has 3 aromatic rings. The molecule has 3 aromatic heterocycles. The standard InChI is InChI=1S/C13H13N5/c1-14-13-15-5-3-11(17-13)10-7-9-4-6-18(2)12(9)16-8-10/h3-8H,1-2H3,(H,14,15,17). The number of nitrogens with one attached hydrogen (secondary N) is 1. The Kier molecular flexibility index (Phi) is 2.44. The first kappa shape index (κ1) is 10.7. The van der Waals surface area contributed by atoms with Crippen molar-refractivity contribution in [1.82, 2.24) is 19.5 Å². The maximum Gasteiger partial charge on any atom is 0.222 e. The summed E-state index contributed by atoms with van der Waals surface area (Å²) >= 11 is 0. The highest BCUT2D eigenvalue weighted by Gasteiger charge is 2.05. The van der Waals surface area contributed by atoms with Gasteiger partial charge in [0, 0.05) is 43.6 Å². The molecule has 0 amide bonds. The van der Waals surface area contributed by atoms with Crippen molar-refractivity contribution in [3.63, 3.8) is 0 Å². The summed E-state index contributed by atoms with van der Waals surface area (Å²) in [6, 6.07) is 6.02. The average molecular weight is 239 g/mol. The normalized spacial score (nSPS) is 10.8. The molecular formula is C13H13N5. The first-order valence-electron chi connectivity index (χ1n) is 5.70. The van der Waals surface area contributed by atoms with E-state index < -0.39 is 0 Å². The van der Waals surface area contributed by atoms with E-state index in [-0.39, 0.29) is 0 Å². The fourth-order valence-corrected chi connectivity index (χ4v) is 1.93. The number of rotatable bonds is 2. The lowest BCUT2D eigenvalue weighted by Crippen LogP contribution is -1.97. The van der Waals surface area contributed by atoms with Crippen LogP contribution in [0.25, 0.3) is 22.3 Å². The second kappa shape index (κ2) is 4.10. The van der Waals surface area contributed by atoms with E-state index >= 15 is 0 Å². The van der Waals surface area contributed by atoms with Gasteiger partial charge in [0.25, 0.3) is 0 Å². The zero-order chi connectivity index (χ0) is 12.5. The Bertz CT molecular complexity index is 701.